The molecule has 0 unspecified atom stereocenters. The maximum atomic E-state index is 6.56. The number of hydrogen-bond donors (Lipinski definition) is 0. The van der Waals surface area contributed by atoms with Crippen molar-refractivity contribution in [1.82, 2.24) is 4.57 Å². The Morgan fingerprint density at radius 3 is 1.96 bits per heavy atom. The monoisotopic (exact) mass is 604 g/mol. The summed E-state index contributed by atoms with van der Waals surface area (Å²) in [7, 11) is 0. The average Bonchev–Trinajstić information content (AvgIpc) is 3.68. The molecule has 0 saturated heterocycles. The Kier molecular flexibility index (Phi) is 4.78. The van der Waals surface area contributed by atoms with Crippen molar-refractivity contribution in [2.45, 2.75) is 0 Å². The first-order chi connectivity index (χ1) is 23.3. The lowest BCUT2D eigenvalue weighted by molar-refractivity contribution is 0.444. The lowest BCUT2D eigenvalue weighted by Crippen LogP contribution is -2.12. The third-order valence-electron chi connectivity index (χ3n) is 9.55. The smallest absolute Gasteiger partial charge is 0.155 e. The molecule has 11 rings (SSSR count). The lowest BCUT2D eigenvalue weighted by Gasteiger charge is -2.29. The maximum Gasteiger partial charge on any atom is 0.155 e. The molecule has 4 heterocycles. The Morgan fingerprint density at radius 1 is 0.447 bits per heavy atom. The number of anilines is 3. The molecule has 0 saturated carbocycles. The molecule has 47 heavy (non-hydrogen) atoms. The zero-order valence-corrected chi connectivity index (χ0v) is 25.0. The van der Waals surface area contributed by atoms with Crippen LogP contribution in [-0.4, -0.2) is 4.57 Å². The molecule has 0 atom stereocenters. The Balaban J connectivity index is 1.22. The minimum atomic E-state index is 0.793. The standard InChI is InChI=1S/C42H24N2O3/c1-2-8-25(9-3-1)26-16-18-27(19-17-26)43(28-20-22-34-31(24-28)29-10-4-5-12-33(29)45-34)32-21-23-38-42-39(32)30-11-6-13-35-40(30)44(42)41-36(46-35)14-7-15-37(41)47-38/h1-24H. The van der Waals surface area contributed by atoms with E-state index < -0.39 is 0 Å². The van der Waals surface area contributed by atoms with Crippen LogP contribution >= 0.6 is 0 Å². The molecule has 0 N–H and O–H groups in total. The fourth-order valence-electron chi connectivity index (χ4n) is 7.53. The summed E-state index contributed by atoms with van der Waals surface area (Å²) in [6.07, 6.45) is 0. The van der Waals surface area contributed by atoms with Crippen molar-refractivity contribution in [3.63, 3.8) is 0 Å². The van der Waals surface area contributed by atoms with Crippen molar-refractivity contribution in [1.29, 1.82) is 0 Å². The van der Waals surface area contributed by atoms with E-state index in [1.807, 2.05) is 42.5 Å². The second kappa shape index (κ2) is 9.05. The van der Waals surface area contributed by atoms with E-state index in [1.165, 1.54) is 11.1 Å². The molecule has 5 nitrogen and oxygen atoms in total. The highest BCUT2D eigenvalue weighted by Crippen LogP contribution is 2.56. The zero-order chi connectivity index (χ0) is 30.6. The van der Waals surface area contributed by atoms with Crippen LogP contribution in [0.5, 0.6) is 23.0 Å². The number of ether oxygens (including phenoxy) is 2. The van der Waals surface area contributed by atoms with E-state index in [0.717, 1.165) is 89.5 Å². The Hall–Kier alpha value is -6.46. The number of nitrogens with zero attached hydrogens (tertiary/aromatic N) is 2. The summed E-state index contributed by atoms with van der Waals surface area (Å²) in [6.45, 7) is 0. The van der Waals surface area contributed by atoms with Crippen molar-refractivity contribution >= 4 is 60.8 Å². The summed E-state index contributed by atoms with van der Waals surface area (Å²) in [4.78, 5) is 2.35. The first kappa shape index (κ1) is 24.8. The van der Waals surface area contributed by atoms with Crippen LogP contribution in [0.15, 0.2) is 150 Å². The second-order valence-corrected chi connectivity index (χ2v) is 12.1. The van der Waals surface area contributed by atoms with Gasteiger partial charge in [-0.1, -0.05) is 78.9 Å². The van der Waals surface area contributed by atoms with E-state index >= 15 is 0 Å². The molecule has 220 valence electrons. The molecule has 2 aliphatic rings. The van der Waals surface area contributed by atoms with Gasteiger partial charge in [-0.2, -0.15) is 0 Å². The molecule has 5 heteroatoms. The minimum Gasteiger partial charge on any atom is -0.456 e. The summed E-state index contributed by atoms with van der Waals surface area (Å²) < 4.78 is 21.6. The van der Waals surface area contributed by atoms with E-state index in [9.17, 15) is 0 Å². The van der Waals surface area contributed by atoms with Crippen molar-refractivity contribution in [2.75, 3.05) is 4.90 Å². The van der Waals surface area contributed by atoms with E-state index in [4.69, 9.17) is 13.9 Å². The first-order valence-corrected chi connectivity index (χ1v) is 15.8. The van der Waals surface area contributed by atoms with E-state index in [-0.39, 0.29) is 0 Å². The van der Waals surface area contributed by atoms with Gasteiger partial charge in [0.15, 0.2) is 23.0 Å². The summed E-state index contributed by atoms with van der Waals surface area (Å²) in [6, 6.07) is 50.6. The fraction of sp³-hybridized carbons (Fsp3) is 0. The maximum absolute atomic E-state index is 6.56. The van der Waals surface area contributed by atoms with Crippen molar-refractivity contribution in [2.24, 2.45) is 0 Å². The SMILES string of the molecule is c1ccc(-c2ccc(N(c3ccc4oc5ccccc5c4c3)c3ccc4c5c3c3cccc6c3n5-c3c(cccc3O4)O6)cc2)cc1. The van der Waals surface area contributed by atoms with Crippen LogP contribution in [0.4, 0.5) is 17.1 Å². The third kappa shape index (κ3) is 3.37. The Morgan fingerprint density at radius 2 is 1.11 bits per heavy atom. The molecule has 0 fully saturated rings. The molecule has 2 aromatic heterocycles. The van der Waals surface area contributed by atoms with Crippen LogP contribution in [0.3, 0.4) is 0 Å². The van der Waals surface area contributed by atoms with Crippen LogP contribution in [0.1, 0.15) is 0 Å². The van der Waals surface area contributed by atoms with Gasteiger partial charge in [-0.05, 0) is 77.9 Å². The molecule has 0 amide bonds. The molecule has 9 aromatic rings. The van der Waals surface area contributed by atoms with Gasteiger partial charge in [0.25, 0.3) is 0 Å². The van der Waals surface area contributed by atoms with Crippen LogP contribution < -0.4 is 14.4 Å². The van der Waals surface area contributed by atoms with Crippen LogP contribution in [0, 0.1) is 0 Å². The summed E-state index contributed by atoms with van der Waals surface area (Å²) >= 11 is 0. The molecule has 7 aromatic carbocycles. The van der Waals surface area contributed by atoms with Gasteiger partial charge < -0.3 is 18.8 Å². The fourth-order valence-corrected chi connectivity index (χ4v) is 7.53. The average molecular weight is 605 g/mol. The first-order valence-electron chi connectivity index (χ1n) is 15.8. The summed E-state index contributed by atoms with van der Waals surface area (Å²) in [5.41, 5.74) is 10.3. The molecular formula is C42H24N2O3. The number of aromatic nitrogens is 1. The molecule has 0 aliphatic carbocycles. The quantitative estimate of drug-likeness (QED) is 0.200. The van der Waals surface area contributed by atoms with Gasteiger partial charge in [-0.15, -0.1) is 0 Å². The summed E-state index contributed by atoms with van der Waals surface area (Å²) in [5.74, 6) is 3.25. The number of hydrogen-bond acceptors (Lipinski definition) is 4. The van der Waals surface area contributed by atoms with Crippen molar-refractivity contribution in [3.05, 3.63) is 146 Å². The van der Waals surface area contributed by atoms with Crippen molar-refractivity contribution < 1.29 is 13.9 Å². The van der Waals surface area contributed by atoms with Gasteiger partial charge in [-0.25, -0.2) is 0 Å². The molecule has 0 bridgehead atoms. The van der Waals surface area contributed by atoms with E-state index in [1.54, 1.807) is 0 Å². The number of para-hydroxylation sites is 3. The number of fused-ring (bicyclic) bond motifs is 4. The topological polar surface area (TPSA) is 39.8 Å². The highest BCUT2D eigenvalue weighted by atomic mass is 16.5. The number of furan rings is 1. The highest BCUT2D eigenvalue weighted by molar-refractivity contribution is 6.21. The lowest BCUT2D eigenvalue weighted by atomic mass is 10.0. The Bertz CT molecular complexity index is 2720. The predicted molar refractivity (Wildman–Crippen MR) is 188 cm³/mol. The van der Waals surface area contributed by atoms with Crippen molar-refractivity contribution in [3.8, 4) is 39.8 Å². The van der Waals surface area contributed by atoms with Gasteiger partial charge in [0, 0.05) is 32.9 Å². The number of rotatable bonds is 4. The number of benzene rings is 7. The summed E-state index contributed by atoms with van der Waals surface area (Å²) in [5, 5.41) is 4.40. The highest BCUT2D eigenvalue weighted by Gasteiger charge is 2.33. The molecule has 0 radical (unpaired) electrons. The van der Waals surface area contributed by atoms with E-state index in [2.05, 4.69) is 113 Å². The van der Waals surface area contributed by atoms with Crippen LogP contribution in [0.25, 0.3) is 60.6 Å². The third-order valence-corrected chi connectivity index (χ3v) is 9.55. The van der Waals surface area contributed by atoms with Gasteiger partial charge in [0.2, 0.25) is 0 Å². The normalized spacial score (nSPS) is 12.6. The van der Waals surface area contributed by atoms with Gasteiger partial charge in [-0.3, -0.25) is 4.57 Å². The van der Waals surface area contributed by atoms with Crippen LogP contribution in [0.2, 0.25) is 0 Å². The van der Waals surface area contributed by atoms with Gasteiger partial charge in [0.05, 0.1) is 16.7 Å². The zero-order valence-electron chi connectivity index (χ0n) is 25.0. The van der Waals surface area contributed by atoms with Gasteiger partial charge >= 0.3 is 0 Å². The largest absolute Gasteiger partial charge is 0.456 e. The molecule has 2 aliphatic heterocycles. The molecule has 0 spiro atoms. The van der Waals surface area contributed by atoms with Crippen LogP contribution in [-0.2, 0) is 0 Å². The Labute approximate surface area is 269 Å². The molecular weight excluding hydrogens is 580 g/mol. The minimum absolute atomic E-state index is 0.793. The van der Waals surface area contributed by atoms with Gasteiger partial charge in [0.1, 0.15) is 16.9 Å². The predicted octanol–water partition coefficient (Wildman–Crippen LogP) is 12.0. The van der Waals surface area contributed by atoms with E-state index in [0.29, 0.717) is 0 Å². The second-order valence-electron chi connectivity index (χ2n) is 12.1.